The predicted octanol–water partition coefficient (Wildman–Crippen LogP) is 2.47. The van der Waals surface area contributed by atoms with Crippen molar-refractivity contribution in [2.24, 2.45) is 0 Å². The van der Waals surface area contributed by atoms with Gasteiger partial charge in [-0.15, -0.1) is 0 Å². The van der Waals surface area contributed by atoms with Gasteiger partial charge in [0.25, 0.3) is 5.91 Å². The van der Waals surface area contributed by atoms with Crippen molar-refractivity contribution in [1.29, 1.82) is 0 Å². The molecule has 1 aromatic carbocycles. The minimum absolute atomic E-state index is 0.0284. The zero-order chi connectivity index (χ0) is 17.9. The summed E-state index contributed by atoms with van der Waals surface area (Å²) in [5, 5.41) is 6.78. The smallest absolute Gasteiger partial charge is 0.256 e. The topological polar surface area (TPSA) is 84.0 Å². The van der Waals surface area contributed by atoms with Crippen molar-refractivity contribution in [3.63, 3.8) is 0 Å². The third kappa shape index (κ3) is 3.09. The molecule has 2 aromatic heterocycles. The Kier molecular flexibility index (Phi) is 4.45. The van der Waals surface area contributed by atoms with Gasteiger partial charge in [-0.25, -0.2) is 4.98 Å². The van der Waals surface area contributed by atoms with Crippen molar-refractivity contribution in [1.82, 2.24) is 25.1 Å². The Hall–Kier alpha value is -3.06. The highest BCUT2D eigenvalue weighted by molar-refractivity contribution is 5.95. The number of nitrogens with one attached hydrogen (secondary N) is 1. The van der Waals surface area contributed by atoms with E-state index in [0.717, 1.165) is 11.1 Å². The van der Waals surface area contributed by atoms with E-state index in [0.29, 0.717) is 24.4 Å². The molecular weight excluding hydrogens is 330 g/mol. The van der Waals surface area contributed by atoms with Gasteiger partial charge in [0.1, 0.15) is 12.2 Å². The third-order valence-corrected chi connectivity index (χ3v) is 4.70. The standard InChI is InChI=1S/C19H19N5O2/c1-26-16-8-17(18-21-12-22-23-18)24(11-16)19(25)15-7-14(9-20-10-15)13-5-3-2-4-6-13/h2-7,9-10,12,16-17H,8,11H2,1H3,(H,21,22,23)/t16-,17+/m1/s1. The molecule has 132 valence electrons. The van der Waals surface area contributed by atoms with Gasteiger partial charge in [-0.2, -0.15) is 5.10 Å². The summed E-state index contributed by atoms with van der Waals surface area (Å²) in [5.74, 6) is 0.585. The number of hydrogen-bond acceptors (Lipinski definition) is 5. The molecule has 2 atom stereocenters. The van der Waals surface area contributed by atoms with Gasteiger partial charge in [-0.05, 0) is 11.6 Å². The van der Waals surface area contributed by atoms with Crippen LogP contribution in [0.15, 0.2) is 55.1 Å². The summed E-state index contributed by atoms with van der Waals surface area (Å²) in [5.41, 5.74) is 2.49. The number of ether oxygens (including phenoxy) is 1. The molecule has 4 rings (SSSR count). The number of pyridine rings is 1. The first-order chi connectivity index (χ1) is 12.8. The number of rotatable bonds is 4. The van der Waals surface area contributed by atoms with Gasteiger partial charge in [0.05, 0.1) is 17.7 Å². The zero-order valence-corrected chi connectivity index (χ0v) is 14.4. The average Bonchev–Trinajstić information content (AvgIpc) is 3.37. The minimum atomic E-state index is -0.185. The van der Waals surface area contributed by atoms with Crippen LogP contribution in [0.3, 0.4) is 0 Å². The number of H-pyrrole nitrogens is 1. The number of carbonyl (C=O) groups excluding carboxylic acids is 1. The fourth-order valence-electron chi connectivity index (χ4n) is 3.34. The molecule has 0 radical (unpaired) electrons. The maximum atomic E-state index is 13.2. The molecule has 1 aliphatic heterocycles. The van der Waals surface area contributed by atoms with Crippen molar-refractivity contribution in [2.45, 2.75) is 18.6 Å². The highest BCUT2D eigenvalue weighted by atomic mass is 16.5. The number of nitrogens with zero attached hydrogens (tertiary/aromatic N) is 4. The van der Waals surface area contributed by atoms with Crippen LogP contribution in [0.1, 0.15) is 28.6 Å². The third-order valence-electron chi connectivity index (χ3n) is 4.70. The number of amides is 1. The maximum absolute atomic E-state index is 13.2. The van der Waals surface area contributed by atoms with E-state index in [1.807, 2.05) is 36.4 Å². The van der Waals surface area contributed by atoms with Crippen molar-refractivity contribution >= 4 is 5.91 Å². The monoisotopic (exact) mass is 349 g/mol. The van der Waals surface area contributed by atoms with Crippen molar-refractivity contribution in [2.75, 3.05) is 13.7 Å². The molecule has 1 fully saturated rings. The quantitative estimate of drug-likeness (QED) is 0.782. The molecule has 1 N–H and O–H groups in total. The number of carbonyl (C=O) groups is 1. The lowest BCUT2D eigenvalue weighted by molar-refractivity contribution is 0.0684. The van der Waals surface area contributed by atoms with Gasteiger partial charge in [-0.1, -0.05) is 30.3 Å². The number of likely N-dealkylation sites (tertiary alicyclic amines) is 1. The molecule has 1 amide bonds. The summed E-state index contributed by atoms with van der Waals surface area (Å²) < 4.78 is 5.48. The highest BCUT2D eigenvalue weighted by Crippen LogP contribution is 2.33. The summed E-state index contributed by atoms with van der Waals surface area (Å²) >= 11 is 0. The normalized spacial score (nSPS) is 19.7. The van der Waals surface area contributed by atoms with Crippen LogP contribution in [0.5, 0.6) is 0 Å². The molecule has 0 saturated carbocycles. The van der Waals surface area contributed by atoms with Gasteiger partial charge in [0.2, 0.25) is 0 Å². The number of aromatic amines is 1. The molecule has 7 heteroatoms. The van der Waals surface area contributed by atoms with Crippen LogP contribution in [0.2, 0.25) is 0 Å². The van der Waals surface area contributed by atoms with Gasteiger partial charge >= 0.3 is 0 Å². The van der Waals surface area contributed by atoms with E-state index in [9.17, 15) is 4.79 Å². The first-order valence-electron chi connectivity index (χ1n) is 8.45. The number of aromatic nitrogens is 4. The van der Waals surface area contributed by atoms with Crippen LogP contribution in [-0.2, 0) is 4.74 Å². The van der Waals surface area contributed by atoms with Gasteiger partial charge in [-0.3, -0.25) is 14.9 Å². The molecule has 3 aromatic rings. The van der Waals surface area contributed by atoms with Gasteiger partial charge in [0, 0.05) is 38.0 Å². The highest BCUT2D eigenvalue weighted by Gasteiger charge is 2.38. The summed E-state index contributed by atoms with van der Waals surface area (Å²) in [6.45, 7) is 0.510. The molecule has 7 nitrogen and oxygen atoms in total. The number of hydrogen-bond donors (Lipinski definition) is 1. The van der Waals surface area contributed by atoms with Crippen LogP contribution in [0, 0.1) is 0 Å². The predicted molar refractivity (Wildman–Crippen MR) is 95.2 cm³/mol. The van der Waals surface area contributed by atoms with E-state index in [1.165, 1.54) is 6.33 Å². The lowest BCUT2D eigenvalue weighted by Gasteiger charge is -2.22. The van der Waals surface area contributed by atoms with E-state index in [1.54, 1.807) is 24.4 Å². The van der Waals surface area contributed by atoms with Crippen LogP contribution in [0.25, 0.3) is 11.1 Å². The van der Waals surface area contributed by atoms with Crippen LogP contribution in [-0.4, -0.2) is 50.7 Å². The fourth-order valence-corrected chi connectivity index (χ4v) is 3.34. The summed E-state index contributed by atoms with van der Waals surface area (Å²) in [7, 11) is 1.66. The number of benzene rings is 1. The van der Waals surface area contributed by atoms with Crippen LogP contribution < -0.4 is 0 Å². The van der Waals surface area contributed by atoms with Crippen molar-refractivity contribution in [3.8, 4) is 11.1 Å². The van der Waals surface area contributed by atoms with Crippen LogP contribution in [0.4, 0.5) is 0 Å². The molecule has 3 heterocycles. The second-order valence-electron chi connectivity index (χ2n) is 6.27. The molecule has 0 bridgehead atoms. The molecule has 1 saturated heterocycles. The Morgan fingerprint density at radius 3 is 2.81 bits per heavy atom. The second kappa shape index (κ2) is 7.05. The Morgan fingerprint density at radius 2 is 2.08 bits per heavy atom. The summed E-state index contributed by atoms with van der Waals surface area (Å²) in [6, 6.07) is 11.6. The lowest BCUT2D eigenvalue weighted by Crippen LogP contribution is -2.32. The summed E-state index contributed by atoms with van der Waals surface area (Å²) in [4.78, 5) is 23.4. The minimum Gasteiger partial charge on any atom is -0.380 e. The Morgan fingerprint density at radius 1 is 1.23 bits per heavy atom. The van der Waals surface area contributed by atoms with E-state index >= 15 is 0 Å². The molecule has 0 aliphatic carbocycles. The molecule has 26 heavy (non-hydrogen) atoms. The van der Waals surface area contributed by atoms with Gasteiger partial charge in [0.15, 0.2) is 0 Å². The lowest BCUT2D eigenvalue weighted by atomic mass is 10.1. The van der Waals surface area contributed by atoms with E-state index in [4.69, 9.17) is 4.74 Å². The average molecular weight is 349 g/mol. The largest absolute Gasteiger partial charge is 0.380 e. The molecule has 0 spiro atoms. The first kappa shape index (κ1) is 16.4. The van der Waals surface area contributed by atoms with Gasteiger partial charge < -0.3 is 9.64 Å². The Bertz CT molecular complexity index is 882. The van der Waals surface area contributed by atoms with Crippen molar-refractivity contribution < 1.29 is 9.53 Å². The number of methoxy groups -OCH3 is 1. The molecule has 1 aliphatic rings. The summed E-state index contributed by atoms with van der Waals surface area (Å²) in [6.07, 6.45) is 5.48. The Balaban J connectivity index is 1.64. The van der Waals surface area contributed by atoms with E-state index < -0.39 is 0 Å². The zero-order valence-electron chi connectivity index (χ0n) is 14.4. The van der Waals surface area contributed by atoms with Crippen LogP contribution >= 0.6 is 0 Å². The van der Waals surface area contributed by atoms with Crippen molar-refractivity contribution in [3.05, 3.63) is 66.5 Å². The SMILES string of the molecule is CO[C@@H]1C[C@@H](c2ncn[nH]2)N(C(=O)c2cncc(-c3ccccc3)c2)C1. The van der Waals surface area contributed by atoms with E-state index in [-0.39, 0.29) is 18.1 Å². The molecular formula is C19H19N5O2. The Labute approximate surface area is 151 Å². The van der Waals surface area contributed by atoms with E-state index in [2.05, 4.69) is 20.2 Å². The first-order valence-corrected chi connectivity index (χ1v) is 8.45. The fraction of sp³-hybridized carbons (Fsp3) is 0.263. The molecule has 0 unspecified atom stereocenters. The second-order valence-corrected chi connectivity index (χ2v) is 6.27. The maximum Gasteiger partial charge on any atom is 0.256 e.